The number of carbonyl (C=O) groups is 1. The van der Waals surface area contributed by atoms with Gasteiger partial charge in [0.15, 0.2) is 0 Å². The number of amides is 1. The molecule has 3 N–H and O–H groups in total. The number of fused-ring (bicyclic) bond motifs is 1. The number of anilines is 1. The summed E-state index contributed by atoms with van der Waals surface area (Å²) in [6.07, 6.45) is 2.11. The minimum atomic E-state index is -2.71. The molecule has 1 amide bonds. The first-order valence-electron chi connectivity index (χ1n) is 9.11. The van der Waals surface area contributed by atoms with Crippen molar-refractivity contribution in [1.82, 2.24) is 15.0 Å². The van der Waals surface area contributed by atoms with Crippen LogP contribution in [0.1, 0.15) is 30.5 Å². The van der Waals surface area contributed by atoms with Gasteiger partial charge in [-0.25, -0.2) is 18.6 Å². The van der Waals surface area contributed by atoms with Crippen molar-refractivity contribution >= 4 is 28.7 Å². The van der Waals surface area contributed by atoms with E-state index in [1.165, 1.54) is 24.3 Å². The Morgan fingerprint density at radius 2 is 2.10 bits per heavy atom. The average Bonchev–Trinajstić information content (AvgIpc) is 3.44. The highest BCUT2D eigenvalue weighted by Crippen LogP contribution is 2.31. The lowest BCUT2D eigenvalue weighted by atomic mass is 10.2. The zero-order chi connectivity index (χ0) is 20.4. The average molecular weight is 400 g/mol. The second-order valence-electron chi connectivity index (χ2n) is 6.82. The molecule has 2 aromatic heterocycles. The molecule has 0 bridgehead atoms. The SMILES string of the molecule is O=C(/C=C/c1ccc(C(F)F)nc1OCC1CC1)Nc1cccc2[nH]c(=O)[nH]c12. The summed E-state index contributed by atoms with van der Waals surface area (Å²) >= 11 is 0. The lowest BCUT2D eigenvalue weighted by Crippen LogP contribution is -2.09. The molecule has 7 nitrogen and oxygen atoms in total. The van der Waals surface area contributed by atoms with E-state index in [2.05, 4.69) is 20.3 Å². The molecule has 1 fully saturated rings. The number of carbonyl (C=O) groups excluding carboxylic acids is 1. The van der Waals surface area contributed by atoms with Crippen LogP contribution in [0, 0.1) is 5.92 Å². The molecule has 0 atom stereocenters. The lowest BCUT2D eigenvalue weighted by Gasteiger charge is -2.09. The van der Waals surface area contributed by atoms with Crippen LogP contribution < -0.4 is 15.7 Å². The van der Waals surface area contributed by atoms with Crippen LogP contribution >= 0.6 is 0 Å². The van der Waals surface area contributed by atoms with E-state index in [1.54, 1.807) is 18.2 Å². The third kappa shape index (κ3) is 4.50. The van der Waals surface area contributed by atoms with Gasteiger partial charge in [-0.05, 0) is 49.1 Å². The Kier molecular flexibility index (Phi) is 5.11. The van der Waals surface area contributed by atoms with Gasteiger partial charge in [-0.2, -0.15) is 0 Å². The first-order chi connectivity index (χ1) is 14.0. The molecule has 4 rings (SSSR count). The molecule has 2 heterocycles. The molecule has 29 heavy (non-hydrogen) atoms. The van der Waals surface area contributed by atoms with Gasteiger partial charge in [0.25, 0.3) is 6.43 Å². The number of para-hydroxylation sites is 1. The van der Waals surface area contributed by atoms with E-state index in [-0.39, 0.29) is 17.3 Å². The smallest absolute Gasteiger partial charge is 0.323 e. The summed E-state index contributed by atoms with van der Waals surface area (Å²) in [6.45, 7) is 0.412. The number of alkyl halides is 2. The Balaban J connectivity index is 1.52. The Morgan fingerprint density at radius 3 is 2.86 bits per heavy atom. The zero-order valence-electron chi connectivity index (χ0n) is 15.2. The number of hydrogen-bond donors (Lipinski definition) is 3. The quantitative estimate of drug-likeness (QED) is 0.527. The van der Waals surface area contributed by atoms with Crippen LogP contribution in [0.25, 0.3) is 17.1 Å². The predicted molar refractivity (Wildman–Crippen MR) is 104 cm³/mol. The lowest BCUT2D eigenvalue weighted by molar-refractivity contribution is -0.111. The number of nitrogens with zero attached hydrogens (tertiary/aromatic N) is 1. The van der Waals surface area contributed by atoms with E-state index >= 15 is 0 Å². The van der Waals surface area contributed by atoms with Crippen molar-refractivity contribution in [2.24, 2.45) is 5.92 Å². The van der Waals surface area contributed by atoms with Gasteiger partial charge in [-0.1, -0.05) is 6.07 Å². The van der Waals surface area contributed by atoms with E-state index in [1.807, 2.05) is 0 Å². The van der Waals surface area contributed by atoms with Crippen molar-refractivity contribution in [2.45, 2.75) is 19.3 Å². The van der Waals surface area contributed by atoms with Crippen molar-refractivity contribution in [3.05, 3.63) is 58.1 Å². The highest BCUT2D eigenvalue weighted by atomic mass is 19.3. The van der Waals surface area contributed by atoms with Gasteiger partial charge in [0.2, 0.25) is 11.8 Å². The highest BCUT2D eigenvalue weighted by Gasteiger charge is 2.23. The number of benzene rings is 1. The molecular weight excluding hydrogens is 382 g/mol. The van der Waals surface area contributed by atoms with Crippen LogP contribution in [0.5, 0.6) is 5.88 Å². The molecule has 1 aliphatic rings. The number of nitrogens with one attached hydrogen (secondary N) is 3. The van der Waals surface area contributed by atoms with Gasteiger partial charge in [-0.3, -0.25) is 4.79 Å². The maximum absolute atomic E-state index is 12.9. The molecule has 9 heteroatoms. The Labute approximate surface area is 163 Å². The van der Waals surface area contributed by atoms with Crippen LogP contribution in [-0.4, -0.2) is 27.5 Å². The maximum atomic E-state index is 12.9. The standard InChI is InChI=1S/C20H18F2N4O3/c21-18(22)15-8-6-12(19(24-15)29-10-11-4-5-11)7-9-16(27)23-13-2-1-3-14-17(13)26-20(28)25-14/h1-3,6-9,11,18H,4-5,10H2,(H,23,27)(H2,25,26,28)/b9-7+. The molecule has 0 radical (unpaired) electrons. The van der Waals surface area contributed by atoms with Gasteiger partial charge in [0.05, 0.1) is 23.3 Å². The fourth-order valence-electron chi connectivity index (χ4n) is 2.81. The minimum absolute atomic E-state index is 0.0795. The summed E-state index contributed by atoms with van der Waals surface area (Å²) in [5.41, 5.74) is 1.17. The van der Waals surface area contributed by atoms with Gasteiger partial charge in [0, 0.05) is 11.6 Å². The summed E-state index contributed by atoms with van der Waals surface area (Å²) < 4.78 is 31.5. The van der Waals surface area contributed by atoms with E-state index in [0.717, 1.165) is 12.8 Å². The number of pyridine rings is 1. The molecule has 3 aromatic rings. The Morgan fingerprint density at radius 1 is 1.28 bits per heavy atom. The molecule has 150 valence electrons. The monoisotopic (exact) mass is 400 g/mol. The van der Waals surface area contributed by atoms with Gasteiger partial charge < -0.3 is 20.0 Å². The van der Waals surface area contributed by atoms with E-state index in [0.29, 0.717) is 34.8 Å². The molecule has 0 saturated heterocycles. The topological polar surface area (TPSA) is 99.9 Å². The fourth-order valence-corrected chi connectivity index (χ4v) is 2.81. The number of imidazole rings is 1. The van der Waals surface area contributed by atoms with Crippen LogP contribution in [-0.2, 0) is 4.79 Å². The van der Waals surface area contributed by atoms with E-state index in [4.69, 9.17) is 4.74 Å². The van der Waals surface area contributed by atoms with E-state index < -0.39 is 12.3 Å². The number of halogens is 2. The van der Waals surface area contributed by atoms with Crippen molar-refractivity contribution < 1.29 is 18.3 Å². The second-order valence-corrected chi connectivity index (χ2v) is 6.82. The Bertz CT molecular complexity index is 1130. The summed E-state index contributed by atoms with van der Waals surface area (Å²) in [4.78, 5) is 32.9. The largest absolute Gasteiger partial charge is 0.477 e. The normalized spacial score (nSPS) is 14.0. The number of H-pyrrole nitrogens is 2. The van der Waals surface area contributed by atoms with E-state index in [9.17, 15) is 18.4 Å². The third-order valence-electron chi connectivity index (χ3n) is 4.51. The number of ether oxygens (including phenoxy) is 1. The highest BCUT2D eigenvalue weighted by molar-refractivity contribution is 6.06. The number of aromatic amines is 2. The van der Waals surface area contributed by atoms with Crippen LogP contribution in [0.4, 0.5) is 14.5 Å². The third-order valence-corrected chi connectivity index (χ3v) is 4.51. The van der Waals surface area contributed by atoms with Crippen LogP contribution in [0.2, 0.25) is 0 Å². The maximum Gasteiger partial charge on any atom is 0.323 e. The molecule has 1 saturated carbocycles. The van der Waals surface area contributed by atoms with Crippen molar-refractivity contribution in [3.8, 4) is 5.88 Å². The second kappa shape index (κ2) is 7.86. The Hall–Kier alpha value is -3.49. The minimum Gasteiger partial charge on any atom is -0.477 e. The zero-order valence-corrected chi connectivity index (χ0v) is 15.2. The predicted octanol–water partition coefficient (Wildman–Crippen LogP) is 3.63. The summed E-state index contributed by atoms with van der Waals surface area (Å²) in [7, 11) is 0. The van der Waals surface area contributed by atoms with Crippen molar-refractivity contribution in [1.29, 1.82) is 0 Å². The first-order valence-corrected chi connectivity index (χ1v) is 9.11. The van der Waals surface area contributed by atoms with Crippen molar-refractivity contribution in [3.63, 3.8) is 0 Å². The van der Waals surface area contributed by atoms with Gasteiger partial charge >= 0.3 is 5.69 Å². The molecule has 0 aliphatic heterocycles. The van der Waals surface area contributed by atoms with Crippen LogP contribution in [0.3, 0.4) is 0 Å². The van der Waals surface area contributed by atoms with Crippen LogP contribution in [0.15, 0.2) is 41.2 Å². The first kappa shape index (κ1) is 18.9. The number of rotatable bonds is 7. The molecule has 1 aromatic carbocycles. The molecule has 0 unspecified atom stereocenters. The van der Waals surface area contributed by atoms with Gasteiger partial charge in [0.1, 0.15) is 5.69 Å². The fraction of sp³-hybridized carbons (Fsp3) is 0.250. The van der Waals surface area contributed by atoms with Crippen molar-refractivity contribution in [2.75, 3.05) is 11.9 Å². The summed E-state index contributed by atoms with van der Waals surface area (Å²) in [5, 5.41) is 2.68. The number of hydrogen-bond acceptors (Lipinski definition) is 4. The molecular formula is C20H18F2N4O3. The summed E-state index contributed by atoms with van der Waals surface area (Å²) in [5.74, 6) is 0.0533. The molecule has 1 aliphatic carbocycles. The summed E-state index contributed by atoms with van der Waals surface area (Å²) in [6, 6.07) is 7.71. The molecule has 0 spiro atoms. The van der Waals surface area contributed by atoms with Gasteiger partial charge in [-0.15, -0.1) is 0 Å². The number of aromatic nitrogens is 3.